The summed E-state index contributed by atoms with van der Waals surface area (Å²) in [6.07, 6.45) is 8.42. The maximum atomic E-state index is 12.9. The molecule has 1 fully saturated rings. The van der Waals surface area contributed by atoms with Crippen molar-refractivity contribution in [3.63, 3.8) is 0 Å². The standard InChI is InChI=1S/C23H29NO4S/c1-23(2,26)18-11-22(28-13-18)29(24,27)14-19(25)12-21-17(10-15-4-3-5-15)7-6-16-8-9-20(16)21/h6-7,11,13,15,24,26H,3-5,8-10,12,14H2,1-2H3/t29-/m1/s1. The number of carbonyl (C=O) groups excluding carboxylic acids is 1. The number of furan rings is 1. The van der Waals surface area contributed by atoms with Crippen LogP contribution in [0.2, 0.25) is 0 Å². The predicted octanol–water partition coefficient (Wildman–Crippen LogP) is 4.17. The Hall–Kier alpha value is -1.92. The van der Waals surface area contributed by atoms with Gasteiger partial charge in [-0.15, -0.1) is 0 Å². The zero-order valence-corrected chi connectivity index (χ0v) is 17.9. The molecule has 1 aromatic carbocycles. The lowest BCUT2D eigenvalue weighted by molar-refractivity contribution is -0.116. The molecule has 0 spiro atoms. The highest BCUT2D eigenvalue weighted by molar-refractivity contribution is 7.93. The minimum atomic E-state index is -3.38. The lowest BCUT2D eigenvalue weighted by Gasteiger charge is -2.30. The maximum absolute atomic E-state index is 12.9. The Bertz CT molecular complexity index is 1040. The second-order valence-corrected chi connectivity index (χ2v) is 11.1. The molecule has 1 aromatic heterocycles. The second-order valence-electron chi connectivity index (χ2n) is 9.09. The number of fused-ring (bicyclic) bond motifs is 1. The number of ketones is 1. The molecule has 1 saturated carbocycles. The molecule has 2 aliphatic rings. The SMILES string of the molecule is CC(C)(O)c1coc([S@](=N)(=O)CC(=O)Cc2c(CC3CCC3)ccc3c2CC3)c1. The van der Waals surface area contributed by atoms with Crippen LogP contribution in [0.3, 0.4) is 0 Å². The van der Waals surface area contributed by atoms with Crippen molar-refractivity contribution in [2.75, 3.05) is 5.75 Å². The van der Waals surface area contributed by atoms with Gasteiger partial charge >= 0.3 is 0 Å². The van der Waals surface area contributed by atoms with Crippen molar-refractivity contribution in [3.05, 3.63) is 52.3 Å². The van der Waals surface area contributed by atoms with Gasteiger partial charge < -0.3 is 9.52 Å². The maximum Gasteiger partial charge on any atom is 0.199 e. The Morgan fingerprint density at radius 1 is 1.31 bits per heavy atom. The van der Waals surface area contributed by atoms with Crippen molar-refractivity contribution < 1.29 is 18.5 Å². The third kappa shape index (κ3) is 4.19. The summed E-state index contributed by atoms with van der Waals surface area (Å²) in [7, 11) is -3.38. The highest BCUT2D eigenvalue weighted by Gasteiger charge is 2.28. The molecule has 1 atom stereocenters. The van der Waals surface area contributed by atoms with Gasteiger partial charge in [-0.3, -0.25) is 4.79 Å². The molecule has 0 saturated heterocycles. The molecular formula is C23H29NO4S. The van der Waals surface area contributed by atoms with E-state index in [1.807, 2.05) is 0 Å². The van der Waals surface area contributed by atoms with Crippen molar-refractivity contribution in [2.24, 2.45) is 5.92 Å². The van der Waals surface area contributed by atoms with E-state index < -0.39 is 15.3 Å². The number of aliphatic hydroxyl groups is 1. The Kier molecular flexibility index (Phi) is 5.20. The van der Waals surface area contributed by atoms with Crippen LogP contribution in [-0.2, 0) is 45.8 Å². The smallest absolute Gasteiger partial charge is 0.199 e. The van der Waals surface area contributed by atoms with E-state index in [-0.39, 0.29) is 23.0 Å². The minimum absolute atomic E-state index is 0.0428. The summed E-state index contributed by atoms with van der Waals surface area (Å²) in [5.74, 6) is 0.158. The van der Waals surface area contributed by atoms with Crippen LogP contribution in [-0.4, -0.2) is 20.9 Å². The van der Waals surface area contributed by atoms with Gasteiger partial charge in [-0.1, -0.05) is 31.4 Å². The van der Waals surface area contributed by atoms with Gasteiger partial charge in [0.15, 0.2) is 10.9 Å². The molecular weight excluding hydrogens is 386 g/mol. The van der Waals surface area contributed by atoms with Crippen LogP contribution in [0, 0.1) is 10.7 Å². The molecule has 2 aliphatic carbocycles. The quantitative estimate of drug-likeness (QED) is 0.677. The third-order valence-corrected chi connectivity index (χ3v) is 7.94. The van der Waals surface area contributed by atoms with E-state index >= 15 is 0 Å². The number of Topliss-reactive ketones (excluding diaryl/α,β-unsaturated/α-hetero) is 1. The van der Waals surface area contributed by atoms with Crippen molar-refractivity contribution in [2.45, 2.75) is 69.5 Å². The largest absolute Gasteiger partial charge is 0.454 e. The number of rotatable bonds is 8. The van der Waals surface area contributed by atoms with Crippen LogP contribution < -0.4 is 0 Å². The van der Waals surface area contributed by atoms with Gasteiger partial charge in [-0.2, -0.15) is 0 Å². The van der Waals surface area contributed by atoms with Crippen LogP contribution in [0.1, 0.15) is 60.9 Å². The van der Waals surface area contributed by atoms with E-state index in [0.717, 1.165) is 24.8 Å². The molecule has 0 radical (unpaired) electrons. The van der Waals surface area contributed by atoms with Crippen LogP contribution in [0.25, 0.3) is 0 Å². The van der Waals surface area contributed by atoms with Crippen molar-refractivity contribution in [3.8, 4) is 0 Å². The van der Waals surface area contributed by atoms with E-state index in [1.54, 1.807) is 13.8 Å². The molecule has 29 heavy (non-hydrogen) atoms. The van der Waals surface area contributed by atoms with Crippen LogP contribution in [0.15, 0.2) is 34.0 Å². The third-order valence-electron chi connectivity index (χ3n) is 6.35. The first-order valence-corrected chi connectivity index (χ1v) is 12.1. The summed E-state index contributed by atoms with van der Waals surface area (Å²) in [5.41, 5.74) is 4.26. The summed E-state index contributed by atoms with van der Waals surface area (Å²) < 4.78 is 26.4. The van der Waals surface area contributed by atoms with Gasteiger partial charge in [0.1, 0.15) is 9.73 Å². The monoisotopic (exact) mass is 415 g/mol. The first kappa shape index (κ1) is 20.4. The fourth-order valence-corrected chi connectivity index (χ4v) is 5.41. The summed E-state index contributed by atoms with van der Waals surface area (Å²) in [6, 6.07) is 5.79. The number of hydrogen-bond acceptors (Lipinski definition) is 5. The van der Waals surface area contributed by atoms with Crippen LogP contribution in [0.4, 0.5) is 0 Å². The Labute approximate surface area is 172 Å². The number of carbonyl (C=O) groups is 1. The Morgan fingerprint density at radius 2 is 2.07 bits per heavy atom. The zero-order chi connectivity index (χ0) is 20.8. The van der Waals surface area contributed by atoms with Gasteiger partial charge in [-0.25, -0.2) is 8.99 Å². The Balaban J connectivity index is 1.51. The van der Waals surface area contributed by atoms with Gasteiger partial charge in [0, 0.05) is 18.1 Å². The minimum Gasteiger partial charge on any atom is -0.454 e. The lowest BCUT2D eigenvalue weighted by atomic mass is 9.75. The first-order valence-electron chi connectivity index (χ1n) is 10.4. The molecule has 0 amide bonds. The summed E-state index contributed by atoms with van der Waals surface area (Å²) in [6.45, 7) is 3.18. The van der Waals surface area contributed by atoms with E-state index in [1.165, 1.54) is 48.3 Å². The predicted molar refractivity (Wildman–Crippen MR) is 112 cm³/mol. The number of nitrogens with one attached hydrogen (secondary N) is 1. The van der Waals surface area contributed by atoms with Crippen LogP contribution >= 0.6 is 0 Å². The molecule has 2 aromatic rings. The highest BCUT2D eigenvalue weighted by atomic mass is 32.2. The van der Waals surface area contributed by atoms with Gasteiger partial charge in [0.2, 0.25) is 0 Å². The van der Waals surface area contributed by atoms with Crippen molar-refractivity contribution in [1.29, 1.82) is 4.78 Å². The average molecular weight is 416 g/mol. The summed E-state index contributed by atoms with van der Waals surface area (Å²) in [4.78, 5) is 12.8. The molecule has 6 heteroatoms. The van der Waals surface area contributed by atoms with Gasteiger partial charge in [-0.05, 0) is 61.3 Å². The molecule has 1 heterocycles. The van der Waals surface area contributed by atoms with Gasteiger partial charge in [0.05, 0.1) is 17.6 Å². The van der Waals surface area contributed by atoms with E-state index in [9.17, 15) is 14.1 Å². The number of aryl methyl sites for hydroxylation is 1. The molecule has 4 rings (SSSR count). The summed E-state index contributed by atoms with van der Waals surface area (Å²) in [5, 5.41) is 10.0. The van der Waals surface area contributed by atoms with Crippen molar-refractivity contribution in [1.82, 2.24) is 0 Å². The topological polar surface area (TPSA) is 91.4 Å². The van der Waals surface area contributed by atoms with E-state index in [0.29, 0.717) is 11.5 Å². The first-order chi connectivity index (χ1) is 13.6. The normalized spacial score (nSPS) is 18.4. The van der Waals surface area contributed by atoms with E-state index in [4.69, 9.17) is 9.20 Å². The van der Waals surface area contributed by atoms with Crippen LogP contribution in [0.5, 0.6) is 0 Å². The van der Waals surface area contributed by atoms with E-state index in [2.05, 4.69) is 12.1 Å². The highest BCUT2D eigenvalue weighted by Crippen LogP contribution is 2.35. The average Bonchev–Trinajstić information content (AvgIpc) is 3.04. The zero-order valence-electron chi connectivity index (χ0n) is 17.1. The summed E-state index contributed by atoms with van der Waals surface area (Å²) >= 11 is 0. The fourth-order valence-electron chi connectivity index (χ4n) is 4.19. The molecule has 2 N–H and O–H groups in total. The fraction of sp³-hybridized carbons (Fsp3) is 0.522. The second kappa shape index (κ2) is 7.40. The molecule has 0 bridgehead atoms. The molecule has 156 valence electrons. The van der Waals surface area contributed by atoms with Crippen molar-refractivity contribution >= 4 is 15.5 Å². The molecule has 5 nitrogen and oxygen atoms in total. The number of hydrogen-bond donors (Lipinski definition) is 2. The molecule has 0 unspecified atom stereocenters. The van der Waals surface area contributed by atoms with Gasteiger partial charge in [0.25, 0.3) is 0 Å². The number of benzene rings is 1. The molecule has 0 aliphatic heterocycles. The Morgan fingerprint density at radius 3 is 2.62 bits per heavy atom. The lowest BCUT2D eigenvalue weighted by Crippen LogP contribution is -2.23.